The summed E-state index contributed by atoms with van der Waals surface area (Å²) in [5, 5.41) is 4.02. The number of amides is 1. The quantitative estimate of drug-likeness (QED) is 0.607. The molecule has 0 atom stereocenters. The van der Waals surface area contributed by atoms with Gasteiger partial charge in [-0.3, -0.25) is 10.1 Å². The lowest BCUT2D eigenvalue weighted by Gasteiger charge is -2.04. The van der Waals surface area contributed by atoms with Gasteiger partial charge in [0.15, 0.2) is 5.13 Å². The average molecular weight is 357 g/mol. The molecule has 1 heterocycles. The van der Waals surface area contributed by atoms with Gasteiger partial charge < -0.3 is 0 Å². The van der Waals surface area contributed by atoms with Crippen molar-refractivity contribution in [2.24, 2.45) is 0 Å². The maximum Gasteiger partial charge on any atom is 0.250 e. The standard InChI is InChI=1S/C19H17ClN2OS/c1-12(2)14-6-3-13(4-7-14)5-10-18(23)22-19-21-16-9-8-15(20)11-17(16)24-19/h3-12H,1-2H3,(H,21,22,23)/b10-5+. The predicted octanol–water partition coefficient (Wildman–Crippen LogP) is 5.73. The molecule has 0 spiro atoms. The molecule has 0 unspecified atom stereocenters. The number of fused-ring (bicyclic) bond motifs is 1. The van der Waals surface area contributed by atoms with Gasteiger partial charge in [-0.1, -0.05) is 61.1 Å². The van der Waals surface area contributed by atoms with Gasteiger partial charge in [-0.2, -0.15) is 0 Å². The summed E-state index contributed by atoms with van der Waals surface area (Å²) in [5.74, 6) is 0.298. The van der Waals surface area contributed by atoms with Gasteiger partial charge in [-0.15, -0.1) is 0 Å². The summed E-state index contributed by atoms with van der Waals surface area (Å²) >= 11 is 7.37. The lowest BCUT2D eigenvalue weighted by molar-refractivity contribution is -0.111. The monoisotopic (exact) mass is 356 g/mol. The van der Waals surface area contributed by atoms with E-state index in [0.717, 1.165) is 15.8 Å². The van der Waals surface area contributed by atoms with E-state index in [1.54, 1.807) is 12.1 Å². The largest absolute Gasteiger partial charge is 0.298 e. The number of hydrogen-bond donors (Lipinski definition) is 1. The molecule has 0 saturated heterocycles. The SMILES string of the molecule is CC(C)c1ccc(/C=C/C(=O)Nc2nc3ccc(Cl)cc3s2)cc1. The molecule has 3 aromatic rings. The maximum absolute atomic E-state index is 12.0. The topological polar surface area (TPSA) is 42.0 Å². The summed E-state index contributed by atoms with van der Waals surface area (Å²) in [6, 6.07) is 13.7. The number of halogens is 1. The number of thiazole rings is 1. The van der Waals surface area contributed by atoms with E-state index in [1.165, 1.54) is 23.0 Å². The highest BCUT2D eigenvalue weighted by atomic mass is 35.5. The molecule has 3 rings (SSSR count). The van der Waals surface area contributed by atoms with E-state index >= 15 is 0 Å². The van der Waals surface area contributed by atoms with Crippen LogP contribution in [0.4, 0.5) is 5.13 Å². The van der Waals surface area contributed by atoms with Gasteiger partial charge in [0.05, 0.1) is 10.2 Å². The van der Waals surface area contributed by atoms with Crippen LogP contribution >= 0.6 is 22.9 Å². The lowest BCUT2D eigenvalue weighted by Crippen LogP contribution is -2.07. The fraction of sp³-hybridized carbons (Fsp3) is 0.158. The first-order valence-electron chi connectivity index (χ1n) is 7.66. The normalized spacial score (nSPS) is 11.5. The van der Waals surface area contributed by atoms with Crippen molar-refractivity contribution in [2.75, 3.05) is 5.32 Å². The second-order valence-electron chi connectivity index (χ2n) is 5.78. The number of carbonyl (C=O) groups is 1. The smallest absolute Gasteiger partial charge is 0.250 e. The van der Waals surface area contributed by atoms with E-state index in [4.69, 9.17) is 11.6 Å². The zero-order chi connectivity index (χ0) is 17.1. The summed E-state index contributed by atoms with van der Waals surface area (Å²) < 4.78 is 0.950. The maximum atomic E-state index is 12.0. The van der Waals surface area contributed by atoms with Crippen LogP contribution in [0, 0.1) is 0 Å². The summed E-state index contributed by atoms with van der Waals surface area (Å²) in [5.41, 5.74) is 3.10. The van der Waals surface area contributed by atoms with Gasteiger partial charge in [-0.05, 0) is 41.3 Å². The van der Waals surface area contributed by atoms with Gasteiger partial charge in [0.25, 0.3) is 0 Å². The molecule has 3 nitrogen and oxygen atoms in total. The third-order valence-corrected chi connectivity index (χ3v) is 4.78. The van der Waals surface area contributed by atoms with Crippen LogP contribution in [0.1, 0.15) is 30.9 Å². The number of carbonyl (C=O) groups excluding carboxylic acids is 1. The fourth-order valence-corrected chi connectivity index (χ4v) is 3.41. The minimum Gasteiger partial charge on any atom is -0.298 e. The van der Waals surface area contributed by atoms with E-state index in [1.807, 2.05) is 24.3 Å². The molecule has 0 aliphatic heterocycles. The number of aromatic nitrogens is 1. The molecule has 0 aliphatic carbocycles. The van der Waals surface area contributed by atoms with Crippen LogP contribution in [-0.4, -0.2) is 10.9 Å². The molecule has 0 bridgehead atoms. The lowest BCUT2D eigenvalue weighted by atomic mass is 10.0. The first-order chi connectivity index (χ1) is 11.5. The van der Waals surface area contributed by atoms with Crippen LogP contribution in [-0.2, 0) is 4.79 Å². The Bertz CT molecular complexity index is 897. The minimum absolute atomic E-state index is 0.201. The molecular weight excluding hydrogens is 340 g/mol. The molecule has 5 heteroatoms. The highest BCUT2D eigenvalue weighted by molar-refractivity contribution is 7.22. The van der Waals surface area contributed by atoms with Crippen molar-refractivity contribution in [3.05, 3.63) is 64.7 Å². The van der Waals surface area contributed by atoms with Crippen LogP contribution in [0.25, 0.3) is 16.3 Å². The first-order valence-corrected chi connectivity index (χ1v) is 8.86. The molecule has 2 aromatic carbocycles. The Morgan fingerprint density at radius 3 is 2.67 bits per heavy atom. The number of nitrogens with zero attached hydrogens (tertiary/aromatic N) is 1. The number of hydrogen-bond acceptors (Lipinski definition) is 3. The predicted molar refractivity (Wildman–Crippen MR) is 103 cm³/mol. The van der Waals surface area contributed by atoms with Crippen molar-refractivity contribution in [1.82, 2.24) is 4.98 Å². The van der Waals surface area contributed by atoms with Crippen molar-refractivity contribution in [2.45, 2.75) is 19.8 Å². The molecular formula is C19H17ClN2OS. The van der Waals surface area contributed by atoms with Gasteiger partial charge in [0, 0.05) is 11.1 Å². The van der Waals surface area contributed by atoms with E-state index in [-0.39, 0.29) is 5.91 Å². The van der Waals surface area contributed by atoms with Crippen LogP contribution in [0.15, 0.2) is 48.5 Å². The number of benzene rings is 2. The third-order valence-electron chi connectivity index (χ3n) is 3.61. The van der Waals surface area contributed by atoms with E-state index < -0.39 is 0 Å². The Kier molecular flexibility index (Phi) is 4.97. The number of nitrogens with one attached hydrogen (secondary N) is 1. The van der Waals surface area contributed by atoms with Crippen LogP contribution in [0.5, 0.6) is 0 Å². The van der Waals surface area contributed by atoms with Crippen molar-refractivity contribution >= 4 is 50.3 Å². The Morgan fingerprint density at radius 1 is 1.21 bits per heavy atom. The first kappa shape index (κ1) is 16.7. The van der Waals surface area contributed by atoms with Crippen LogP contribution < -0.4 is 5.32 Å². The zero-order valence-corrected chi connectivity index (χ0v) is 15.0. The Hall–Kier alpha value is -2.17. The summed E-state index contributed by atoms with van der Waals surface area (Å²) in [4.78, 5) is 16.4. The van der Waals surface area contributed by atoms with Crippen molar-refractivity contribution < 1.29 is 4.79 Å². The Balaban J connectivity index is 1.67. The molecule has 24 heavy (non-hydrogen) atoms. The molecule has 1 N–H and O–H groups in total. The van der Waals surface area contributed by atoms with Crippen molar-refractivity contribution in [1.29, 1.82) is 0 Å². The zero-order valence-electron chi connectivity index (χ0n) is 13.4. The van der Waals surface area contributed by atoms with E-state index in [9.17, 15) is 4.79 Å². The Morgan fingerprint density at radius 2 is 1.96 bits per heavy atom. The van der Waals surface area contributed by atoms with Gasteiger partial charge in [0.2, 0.25) is 5.91 Å². The molecule has 0 saturated carbocycles. The van der Waals surface area contributed by atoms with Gasteiger partial charge in [-0.25, -0.2) is 4.98 Å². The van der Waals surface area contributed by atoms with Crippen LogP contribution in [0.3, 0.4) is 0 Å². The highest BCUT2D eigenvalue weighted by Gasteiger charge is 2.06. The van der Waals surface area contributed by atoms with Crippen molar-refractivity contribution in [3.63, 3.8) is 0 Å². The number of rotatable bonds is 4. The summed E-state index contributed by atoms with van der Waals surface area (Å²) in [6.45, 7) is 4.31. The summed E-state index contributed by atoms with van der Waals surface area (Å²) in [6.07, 6.45) is 3.31. The van der Waals surface area contributed by atoms with Crippen molar-refractivity contribution in [3.8, 4) is 0 Å². The minimum atomic E-state index is -0.201. The fourth-order valence-electron chi connectivity index (χ4n) is 2.26. The molecule has 0 fully saturated rings. The molecule has 0 aliphatic rings. The number of anilines is 1. The summed E-state index contributed by atoms with van der Waals surface area (Å²) in [7, 11) is 0. The Labute approximate surface area is 150 Å². The average Bonchev–Trinajstić information content (AvgIpc) is 2.94. The van der Waals surface area contributed by atoms with Gasteiger partial charge >= 0.3 is 0 Å². The molecule has 0 radical (unpaired) electrons. The molecule has 122 valence electrons. The van der Waals surface area contributed by atoms with Gasteiger partial charge in [0.1, 0.15) is 0 Å². The van der Waals surface area contributed by atoms with E-state index in [2.05, 4.69) is 36.3 Å². The van der Waals surface area contributed by atoms with Crippen LogP contribution in [0.2, 0.25) is 5.02 Å². The second kappa shape index (κ2) is 7.16. The second-order valence-corrected chi connectivity index (χ2v) is 7.24. The highest BCUT2D eigenvalue weighted by Crippen LogP contribution is 2.28. The third kappa shape index (κ3) is 4.02. The molecule has 1 aromatic heterocycles. The van der Waals surface area contributed by atoms with E-state index in [0.29, 0.717) is 16.1 Å². The molecule has 1 amide bonds.